The molecule has 8 nitrogen and oxygen atoms in total. The highest BCUT2D eigenvalue weighted by Crippen LogP contribution is 2.45. The predicted octanol–water partition coefficient (Wildman–Crippen LogP) is 5.05. The molecule has 2 fully saturated rings. The van der Waals surface area contributed by atoms with Gasteiger partial charge in [0.25, 0.3) is 5.91 Å². The summed E-state index contributed by atoms with van der Waals surface area (Å²) in [5.74, 6) is 1.16. The van der Waals surface area contributed by atoms with Crippen LogP contribution in [0.15, 0.2) is 47.5 Å². The molecule has 2 aromatic carbocycles. The molecule has 2 aliphatic heterocycles. The molecular weight excluding hydrogens is 537 g/mol. The summed E-state index contributed by atoms with van der Waals surface area (Å²) in [6.45, 7) is 4.57. The highest BCUT2D eigenvalue weighted by molar-refractivity contribution is 6.41. The van der Waals surface area contributed by atoms with Crippen LogP contribution in [0.2, 0.25) is 10.0 Å². The van der Waals surface area contributed by atoms with Crippen molar-refractivity contribution in [1.82, 2.24) is 15.2 Å². The Hall–Kier alpha value is -3.33. The van der Waals surface area contributed by atoms with Crippen molar-refractivity contribution in [3.05, 3.63) is 69.3 Å². The van der Waals surface area contributed by atoms with Crippen molar-refractivity contribution in [2.75, 3.05) is 45.3 Å². The van der Waals surface area contributed by atoms with E-state index in [0.717, 1.165) is 49.2 Å². The number of piperazine rings is 1. The van der Waals surface area contributed by atoms with Crippen molar-refractivity contribution in [2.45, 2.75) is 25.4 Å². The normalized spacial score (nSPS) is 17.0. The number of aliphatic imine (C=N–C) groups is 1. The number of amidine groups is 1. The Morgan fingerprint density at radius 1 is 0.949 bits per heavy atom. The summed E-state index contributed by atoms with van der Waals surface area (Å²) in [5.41, 5.74) is 4.30. The van der Waals surface area contributed by atoms with Gasteiger partial charge in [-0.05, 0) is 49.2 Å². The first kappa shape index (κ1) is 25.9. The fraction of sp³-hybridized carbons (Fsp3) is 0.345. The molecule has 1 aromatic heterocycles. The molecule has 202 valence electrons. The van der Waals surface area contributed by atoms with Crippen LogP contribution < -0.4 is 19.7 Å². The standard InChI is InChI=1S/C29H29Cl2N5O3/c1-38-23-15-24(39-2)27(31)25(26(23)30)21-10-9-20-22(33-21)16-32-28(20)34-29(37)17-3-5-18(6-4-17)35-11-13-36(14-12-35)19-7-8-19/h3-6,9-10,15,19H,7-8,11-14,16H2,1-2H3,(H,32,34,37). The Labute approximate surface area is 237 Å². The second kappa shape index (κ2) is 10.7. The van der Waals surface area contributed by atoms with E-state index >= 15 is 0 Å². The number of benzene rings is 2. The van der Waals surface area contributed by atoms with E-state index < -0.39 is 0 Å². The monoisotopic (exact) mass is 565 g/mol. The zero-order valence-corrected chi connectivity index (χ0v) is 23.3. The number of methoxy groups -OCH3 is 2. The number of amides is 1. The zero-order chi connectivity index (χ0) is 27.1. The van der Waals surface area contributed by atoms with Gasteiger partial charge in [-0.1, -0.05) is 23.2 Å². The minimum Gasteiger partial charge on any atom is -0.495 e. The lowest BCUT2D eigenvalue weighted by Crippen LogP contribution is -2.47. The van der Waals surface area contributed by atoms with Gasteiger partial charge in [-0.3, -0.25) is 14.7 Å². The van der Waals surface area contributed by atoms with Crippen molar-refractivity contribution in [2.24, 2.45) is 4.99 Å². The fourth-order valence-corrected chi connectivity index (χ4v) is 5.92. The van der Waals surface area contributed by atoms with Crippen LogP contribution in [0.25, 0.3) is 11.3 Å². The highest BCUT2D eigenvalue weighted by atomic mass is 35.5. The molecule has 3 heterocycles. The number of aromatic nitrogens is 1. The number of carbonyl (C=O) groups is 1. The molecule has 1 aliphatic carbocycles. The molecule has 0 atom stereocenters. The van der Waals surface area contributed by atoms with Crippen LogP contribution in [0.4, 0.5) is 5.69 Å². The molecule has 1 saturated carbocycles. The molecule has 10 heteroatoms. The van der Waals surface area contributed by atoms with Gasteiger partial charge in [0.1, 0.15) is 17.3 Å². The largest absolute Gasteiger partial charge is 0.495 e. The van der Waals surface area contributed by atoms with Gasteiger partial charge in [0, 0.05) is 60.7 Å². The first-order valence-corrected chi connectivity index (χ1v) is 13.8. The topological polar surface area (TPSA) is 79.3 Å². The van der Waals surface area contributed by atoms with Crippen LogP contribution in [-0.2, 0) is 6.54 Å². The van der Waals surface area contributed by atoms with Crippen LogP contribution in [0.1, 0.15) is 34.5 Å². The van der Waals surface area contributed by atoms with E-state index in [-0.39, 0.29) is 5.91 Å². The van der Waals surface area contributed by atoms with Gasteiger partial charge in [-0.2, -0.15) is 0 Å². The maximum Gasteiger partial charge on any atom is 0.256 e. The molecule has 0 spiro atoms. The molecule has 3 aliphatic rings. The third-order valence-corrected chi connectivity index (χ3v) is 8.30. The summed E-state index contributed by atoms with van der Waals surface area (Å²) in [6.07, 6.45) is 2.69. The molecular formula is C29H29Cl2N5O3. The predicted molar refractivity (Wildman–Crippen MR) is 154 cm³/mol. The number of hydrogen-bond acceptors (Lipinski definition) is 7. The Morgan fingerprint density at radius 3 is 2.23 bits per heavy atom. The van der Waals surface area contributed by atoms with Crippen LogP contribution in [0.3, 0.4) is 0 Å². The molecule has 3 aromatic rings. The number of fused-ring (bicyclic) bond motifs is 1. The molecule has 0 radical (unpaired) electrons. The van der Waals surface area contributed by atoms with E-state index in [1.54, 1.807) is 12.1 Å². The maximum atomic E-state index is 13.0. The number of carbonyl (C=O) groups excluding carboxylic acids is 1. The van der Waals surface area contributed by atoms with E-state index in [0.29, 0.717) is 50.7 Å². The number of anilines is 1. The number of ether oxygens (including phenoxy) is 2. The smallest absolute Gasteiger partial charge is 0.256 e. The lowest BCUT2D eigenvalue weighted by molar-refractivity contribution is 0.0977. The van der Waals surface area contributed by atoms with E-state index in [2.05, 4.69) is 20.1 Å². The number of hydrogen-bond donors (Lipinski definition) is 1. The lowest BCUT2D eigenvalue weighted by Gasteiger charge is -2.36. The summed E-state index contributed by atoms with van der Waals surface area (Å²) in [7, 11) is 3.06. The zero-order valence-electron chi connectivity index (χ0n) is 21.8. The van der Waals surface area contributed by atoms with Crippen molar-refractivity contribution < 1.29 is 14.3 Å². The number of nitrogens with one attached hydrogen (secondary N) is 1. The lowest BCUT2D eigenvalue weighted by atomic mass is 10.1. The third kappa shape index (κ3) is 5.04. The molecule has 0 unspecified atom stereocenters. The maximum absolute atomic E-state index is 13.0. The molecule has 1 saturated heterocycles. The van der Waals surface area contributed by atoms with Gasteiger partial charge in [0.05, 0.1) is 42.2 Å². The van der Waals surface area contributed by atoms with E-state index in [1.807, 2.05) is 30.3 Å². The van der Waals surface area contributed by atoms with Gasteiger partial charge >= 0.3 is 0 Å². The second-order valence-corrected chi connectivity index (χ2v) is 10.7. The van der Waals surface area contributed by atoms with E-state index in [9.17, 15) is 4.79 Å². The summed E-state index contributed by atoms with van der Waals surface area (Å²) in [6, 6.07) is 13.9. The molecule has 0 bridgehead atoms. The first-order chi connectivity index (χ1) is 19.0. The van der Waals surface area contributed by atoms with E-state index in [1.165, 1.54) is 27.1 Å². The Kier molecular flexibility index (Phi) is 7.10. The molecule has 1 amide bonds. The van der Waals surface area contributed by atoms with Crippen molar-refractivity contribution in [1.29, 1.82) is 0 Å². The van der Waals surface area contributed by atoms with E-state index in [4.69, 9.17) is 37.7 Å². The van der Waals surface area contributed by atoms with Crippen molar-refractivity contribution in [3.63, 3.8) is 0 Å². The van der Waals surface area contributed by atoms with Crippen LogP contribution in [-0.4, -0.2) is 68.1 Å². The molecule has 6 rings (SSSR count). The van der Waals surface area contributed by atoms with Crippen LogP contribution in [0.5, 0.6) is 11.5 Å². The van der Waals surface area contributed by atoms with Crippen LogP contribution >= 0.6 is 23.2 Å². The SMILES string of the molecule is COc1cc(OC)c(Cl)c(-c2ccc3c(n2)CN=C3NC(=O)c2ccc(N3CCN(C4CC4)CC3)cc2)c1Cl. The molecule has 1 N–H and O–H groups in total. The van der Waals surface area contributed by atoms with Crippen LogP contribution in [0, 0.1) is 0 Å². The highest BCUT2D eigenvalue weighted by Gasteiger charge is 2.31. The van der Waals surface area contributed by atoms with Gasteiger partial charge in [-0.25, -0.2) is 4.98 Å². The summed E-state index contributed by atoms with van der Waals surface area (Å²) < 4.78 is 10.8. The number of rotatable bonds is 6. The fourth-order valence-electron chi connectivity index (χ4n) is 5.22. The Balaban J connectivity index is 1.15. The number of pyridine rings is 1. The Morgan fingerprint density at radius 2 is 1.62 bits per heavy atom. The van der Waals surface area contributed by atoms with Crippen molar-refractivity contribution >= 4 is 40.6 Å². The van der Waals surface area contributed by atoms with Gasteiger partial charge in [-0.15, -0.1) is 0 Å². The minimum atomic E-state index is -0.209. The minimum absolute atomic E-state index is 0.209. The summed E-state index contributed by atoms with van der Waals surface area (Å²) in [5, 5.41) is 3.64. The summed E-state index contributed by atoms with van der Waals surface area (Å²) >= 11 is 13.2. The van der Waals surface area contributed by atoms with Gasteiger partial charge in [0.15, 0.2) is 0 Å². The second-order valence-electron chi connectivity index (χ2n) is 9.89. The number of nitrogens with zero attached hydrogens (tertiary/aromatic N) is 4. The number of halogens is 2. The molecule has 39 heavy (non-hydrogen) atoms. The average Bonchev–Trinajstić information content (AvgIpc) is 3.75. The van der Waals surface area contributed by atoms with Gasteiger partial charge in [0.2, 0.25) is 0 Å². The summed E-state index contributed by atoms with van der Waals surface area (Å²) in [4.78, 5) is 27.3. The Bertz CT molecular complexity index is 1420. The third-order valence-electron chi connectivity index (χ3n) is 7.55. The average molecular weight is 566 g/mol. The quantitative estimate of drug-likeness (QED) is 0.450. The van der Waals surface area contributed by atoms with Gasteiger partial charge < -0.3 is 19.7 Å². The van der Waals surface area contributed by atoms with Crippen molar-refractivity contribution in [3.8, 4) is 22.8 Å². The first-order valence-electron chi connectivity index (χ1n) is 13.0.